The van der Waals surface area contributed by atoms with E-state index in [1.54, 1.807) is 13.0 Å². The first-order valence-corrected chi connectivity index (χ1v) is 6.94. The number of aliphatic carboxylic acids is 1. The van der Waals surface area contributed by atoms with E-state index < -0.39 is 17.9 Å². The van der Waals surface area contributed by atoms with Crippen LogP contribution in [0.3, 0.4) is 0 Å². The lowest BCUT2D eigenvalue weighted by molar-refractivity contribution is -0.140. The van der Waals surface area contributed by atoms with Gasteiger partial charge in [-0.2, -0.15) is 5.10 Å². The van der Waals surface area contributed by atoms with Crippen LogP contribution < -0.4 is 11.0 Å². The maximum absolute atomic E-state index is 11.5. The predicted octanol–water partition coefficient (Wildman–Crippen LogP) is -0.593. The molecule has 0 saturated heterocycles. The summed E-state index contributed by atoms with van der Waals surface area (Å²) in [6.45, 7) is 2.90. The summed E-state index contributed by atoms with van der Waals surface area (Å²) in [5.74, 6) is -0.972. The first-order valence-electron chi connectivity index (χ1n) is 5.96. The van der Waals surface area contributed by atoms with Gasteiger partial charge in [-0.05, 0) is 6.92 Å². The van der Waals surface area contributed by atoms with Crippen molar-refractivity contribution in [2.75, 3.05) is 5.75 Å². The zero-order valence-electron chi connectivity index (χ0n) is 11.3. The van der Waals surface area contributed by atoms with E-state index in [9.17, 15) is 14.4 Å². The summed E-state index contributed by atoms with van der Waals surface area (Å²) in [4.78, 5) is 37.6. The summed E-state index contributed by atoms with van der Waals surface area (Å²) in [7, 11) is 0. The molecule has 1 amide bonds. The van der Waals surface area contributed by atoms with Crippen LogP contribution in [0, 0.1) is 6.92 Å². The van der Waals surface area contributed by atoms with E-state index in [0.29, 0.717) is 16.5 Å². The largest absolute Gasteiger partial charge is 0.480 e. The molecule has 2 aromatic heterocycles. The molecule has 9 nitrogen and oxygen atoms in total. The molecule has 0 aliphatic rings. The highest BCUT2D eigenvalue weighted by molar-refractivity contribution is 7.99. The van der Waals surface area contributed by atoms with Gasteiger partial charge >= 0.3 is 11.7 Å². The third kappa shape index (κ3) is 3.40. The first kappa shape index (κ1) is 15.0. The lowest BCUT2D eigenvalue weighted by Gasteiger charge is -2.12. The summed E-state index contributed by atoms with van der Waals surface area (Å²) in [6, 6.07) is 0.564. The van der Waals surface area contributed by atoms with Gasteiger partial charge in [0.15, 0.2) is 5.65 Å². The van der Waals surface area contributed by atoms with E-state index in [1.165, 1.54) is 11.3 Å². The van der Waals surface area contributed by atoms with Gasteiger partial charge in [-0.3, -0.25) is 4.79 Å². The number of fused-ring (bicyclic) bond motifs is 1. The SMILES string of the molecule is CC(=O)N[C@@H](CSc1cc2n[nH]c(=O)n2c(C)n1)C(=O)O. The minimum Gasteiger partial charge on any atom is -0.480 e. The van der Waals surface area contributed by atoms with Gasteiger partial charge in [0.25, 0.3) is 0 Å². The second-order valence-corrected chi connectivity index (χ2v) is 5.31. The standard InChI is InChI=1S/C11H13N5O4S/c1-5-12-9(3-8-14-15-11(20)16(5)8)21-4-7(10(18)19)13-6(2)17/h3,7H,4H2,1-2H3,(H,13,17)(H,15,20)(H,18,19)/t7-/m0/s1. The Hall–Kier alpha value is -2.36. The number of rotatable bonds is 5. The number of carboxylic acid groups (broad SMARTS) is 1. The van der Waals surface area contributed by atoms with Crippen LogP contribution in [0.1, 0.15) is 12.7 Å². The smallest absolute Gasteiger partial charge is 0.349 e. The van der Waals surface area contributed by atoms with Crippen LogP contribution in [-0.2, 0) is 9.59 Å². The Bertz CT molecular complexity index is 753. The number of nitrogens with zero attached hydrogens (tertiary/aromatic N) is 3. The molecule has 0 spiro atoms. The van der Waals surface area contributed by atoms with Gasteiger partial charge in [-0.1, -0.05) is 0 Å². The third-order valence-corrected chi connectivity index (χ3v) is 3.62. The number of aromatic amines is 1. The van der Waals surface area contributed by atoms with Crippen LogP contribution in [0.15, 0.2) is 15.9 Å². The average Bonchev–Trinajstić information content (AvgIpc) is 2.76. The van der Waals surface area contributed by atoms with E-state index in [1.807, 2.05) is 0 Å². The molecule has 112 valence electrons. The molecule has 2 heterocycles. The van der Waals surface area contributed by atoms with Gasteiger partial charge < -0.3 is 10.4 Å². The molecule has 2 aromatic rings. The summed E-state index contributed by atoms with van der Waals surface area (Å²) >= 11 is 1.16. The molecule has 0 aliphatic heterocycles. The Balaban J connectivity index is 2.18. The summed E-state index contributed by atoms with van der Waals surface area (Å²) in [5, 5.41) is 18.0. The number of thioether (sulfide) groups is 1. The molecule has 0 fully saturated rings. The number of hydrogen-bond acceptors (Lipinski definition) is 6. The fourth-order valence-corrected chi connectivity index (χ4v) is 2.68. The number of aryl methyl sites for hydroxylation is 1. The van der Waals surface area contributed by atoms with E-state index in [0.717, 1.165) is 11.8 Å². The van der Waals surface area contributed by atoms with Gasteiger partial charge in [-0.15, -0.1) is 11.8 Å². The van der Waals surface area contributed by atoms with Crippen molar-refractivity contribution in [2.45, 2.75) is 24.9 Å². The van der Waals surface area contributed by atoms with Crippen LogP contribution >= 0.6 is 11.8 Å². The Morgan fingerprint density at radius 3 is 2.90 bits per heavy atom. The van der Waals surface area contributed by atoms with Crippen molar-refractivity contribution in [1.29, 1.82) is 0 Å². The molecule has 2 rings (SSSR count). The van der Waals surface area contributed by atoms with Crippen molar-refractivity contribution < 1.29 is 14.7 Å². The summed E-state index contributed by atoms with van der Waals surface area (Å²) < 4.78 is 1.31. The van der Waals surface area contributed by atoms with Gasteiger partial charge in [0.05, 0.1) is 0 Å². The Morgan fingerprint density at radius 2 is 2.29 bits per heavy atom. The monoisotopic (exact) mass is 311 g/mol. The highest BCUT2D eigenvalue weighted by Gasteiger charge is 2.19. The molecule has 3 N–H and O–H groups in total. The fourth-order valence-electron chi connectivity index (χ4n) is 1.73. The normalized spacial score (nSPS) is 12.3. The van der Waals surface area contributed by atoms with Gasteiger partial charge in [-0.25, -0.2) is 24.1 Å². The van der Waals surface area contributed by atoms with Crippen LogP contribution in [0.4, 0.5) is 0 Å². The van der Waals surface area contributed by atoms with Gasteiger partial charge in [0.2, 0.25) is 5.91 Å². The summed E-state index contributed by atoms with van der Waals surface area (Å²) in [5.41, 5.74) is 0.0228. The number of carboxylic acids is 1. The number of carbonyl (C=O) groups excluding carboxylic acids is 1. The summed E-state index contributed by atoms with van der Waals surface area (Å²) in [6.07, 6.45) is 0. The number of hydrogen-bond donors (Lipinski definition) is 3. The lowest BCUT2D eigenvalue weighted by Crippen LogP contribution is -2.41. The van der Waals surface area contributed by atoms with Crippen LogP contribution in [0.2, 0.25) is 0 Å². The molecule has 1 atom stereocenters. The van der Waals surface area contributed by atoms with Gasteiger partial charge in [0, 0.05) is 18.7 Å². The number of H-pyrrole nitrogens is 1. The van der Waals surface area contributed by atoms with E-state index in [2.05, 4.69) is 20.5 Å². The number of nitrogens with one attached hydrogen (secondary N) is 2. The maximum Gasteiger partial charge on any atom is 0.349 e. The topological polar surface area (TPSA) is 129 Å². The molecule has 0 unspecified atom stereocenters. The Labute approximate surface area is 122 Å². The number of carbonyl (C=O) groups is 2. The second-order valence-electron chi connectivity index (χ2n) is 4.27. The van der Waals surface area contributed by atoms with Crippen LogP contribution in [-0.4, -0.2) is 48.4 Å². The average molecular weight is 311 g/mol. The fraction of sp³-hybridized carbons (Fsp3) is 0.364. The van der Waals surface area contributed by atoms with E-state index in [4.69, 9.17) is 5.11 Å². The molecule has 0 aromatic carbocycles. The van der Waals surface area contributed by atoms with Crippen molar-refractivity contribution in [3.8, 4) is 0 Å². The minimum absolute atomic E-state index is 0.117. The van der Waals surface area contributed by atoms with E-state index >= 15 is 0 Å². The molecule has 0 radical (unpaired) electrons. The third-order valence-electron chi connectivity index (χ3n) is 2.62. The zero-order chi connectivity index (χ0) is 15.6. The highest BCUT2D eigenvalue weighted by atomic mass is 32.2. The number of aromatic nitrogens is 4. The van der Waals surface area contributed by atoms with Crippen LogP contribution in [0.5, 0.6) is 0 Å². The van der Waals surface area contributed by atoms with Crippen molar-refractivity contribution >= 4 is 29.3 Å². The van der Waals surface area contributed by atoms with Crippen molar-refractivity contribution in [3.63, 3.8) is 0 Å². The van der Waals surface area contributed by atoms with Crippen molar-refractivity contribution in [1.82, 2.24) is 24.9 Å². The quantitative estimate of drug-likeness (QED) is 0.497. The van der Waals surface area contributed by atoms with Gasteiger partial charge in [0.1, 0.15) is 16.9 Å². The molecular formula is C11H13N5O4S. The molecule has 0 saturated carbocycles. The van der Waals surface area contributed by atoms with Crippen molar-refractivity contribution in [2.24, 2.45) is 0 Å². The lowest BCUT2D eigenvalue weighted by atomic mass is 10.3. The Morgan fingerprint density at radius 1 is 1.57 bits per heavy atom. The van der Waals surface area contributed by atoms with E-state index in [-0.39, 0.29) is 11.4 Å². The van der Waals surface area contributed by atoms with Crippen LogP contribution in [0.25, 0.3) is 5.65 Å². The van der Waals surface area contributed by atoms with Crippen molar-refractivity contribution in [3.05, 3.63) is 22.4 Å². The highest BCUT2D eigenvalue weighted by Crippen LogP contribution is 2.18. The Kier molecular flexibility index (Phi) is 4.26. The molecule has 10 heteroatoms. The molecular weight excluding hydrogens is 298 g/mol. The molecule has 21 heavy (non-hydrogen) atoms. The number of amides is 1. The predicted molar refractivity (Wildman–Crippen MR) is 74.3 cm³/mol. The minimum atomic E-state index is -1.12. The zero-order valence-corrected chi connectivity index (χ0v) is 12.1. The molecule has 0 aliphatic carbocycles. The maximum atomic E-state index is 11.5. The first-order chi connectivity index (χ1) is 9.88. The second kappa shape index (κ2) is 5.95. The molecule has 0 bridgehead atoms.